The number of amides is 8. The molecule has 8 aromatic carbocycles. The third-order valence-corrected chi connectivity index (χ3v) is 23.0. The number of aliphatic imine (C=N–C) groups is 2. The molecule has 2 fully saturated rings. The molecule has 0 radical (unpaired) electrons. The number of H-pyrrole nitrogens is 2. The quantitative estimate of drug-likeness (QED) is 0.0184. The summed E-state index contributed by atoms with van der Waals surface area (Å²) in [6.07, 6.45) is 9.67. The van der Waals surface area contributed by atoms with E-state index in [2.05, 4.69) is 106 Å². The number of fused-ring (bicyclic) bond motifs is 4. The number of nitrogens with zero attached hydrogens (tertiary/aromatic N) is 15. The van der Waals surface area contributed by atoms with Crippen LogP contribution in [0.25, 0.3) is 67.1 Å². The Balaban J connectivity index is 0.434. The van der Waals surface area contributed by atoms with Crippen LogP contribution in [0.5, 0.6) is 0 Å². The number of benzene rings is 8. The van der Waals surface area contributed by atoms with Gasteiger partial charge in [-0.3, -0.25) is 57.7 Å². The smallest absolute Gasteiger partial charge is 0.251 e. The van der Waals surface area contributed by atoms with E-state index in [-0.39, 0.29) is 74.0 Å². The van der Waals surface area contributed by atoms with Crippen molar-refractivity contribution < 1.29 is 38.4 Å². The van der Waals surface area contributed by atoms with Crippen molar-refractivity contribution in [1.29, 1.82) is 0 Å². The van der Waals surface area contributed by atoms with Gasteiger partial charge in [-0.05, 0) is 215 Å². The normalized spacial score (nSPS) is 14.7. The molecule has 0 bridgehead atoms. The van der Waals surface area contributed by atoms with Crippen molar-refractivity contribution in [3.05, 3.63) is 238 Å². The minimum absolute atomic E-state index is 0.0936. The van der Waals surface area contributed by atoms with Gasteiger partial charge >= 0.3 is 0 Å². The van der Waals surface area contributed by atoms with Gasteiger partial charge in [-0.25, -0.2) is 9.97 Å². The lowest BCUT2D eigenvalue weighted by molar-refractivity contribution is -0.149. The van der Waals surface area contributed by atoms with Crippen LogP contribution in [0.1, 0.15) is 133 Å². The van der Waals surface area contributed by atoms with Crippen LogP contribution in [-0.2, 0) is 58.2 Å². The Kier molecular flexibility index (Phi) is 25.1. The third-order valence-electron chi connectivity index (χ3n) is 23.0. The van der Waals surface area contributed by atoms with E-state index in [1.807, 2.05) is 129 Å². The van der Waals surface area contributed by atoms with Gasteiger partial charge in [0.25, 0.3) is 23.6 Å². The minimum atomic E-state index is -0.809. The molecule has 628 valence electrons. The first kappa shape index (κ1) is 82.7. The van der Waals surface area contributed by atoms with E-state index in [0.29, 0.717) is 136 Å². The highest BCUT2D eigenvalue weighted by atomic mass is 16.2. The molecule has 8 heterocycles. The predicted octanol–water partition coefficient (Wildman–Crippen LogP) is 10.0. The Morgan fingerprint density at radius 2 is 0.878 bits per heavy atom. The molecule has 4 aliphatic rings. The third kappa shape index (κ3) is 19.7. The van der Waals surface area contributed by atoms with E-state index in [1.165, 1.54) is 4.90 Å². The molecule has 4 aromatic heterocycles. The Morgan fingerprint density at radius 1 is 0.455 bits per heavy atom. The summed E-state index contributed by atoms with van der Waals surface area (Å²) in [7, 11) is 7.88. The Hall–Kier alpha value is -14.0. The van der Waals surface area contributed by atoms with Gasteiger partial charge in [0.05, 0.1) is 76.9 Å². The van der Waals surface area contributed by atoms with E-state index in [1.54, 1.807) is 55.8 Å². The molecule has 123 heavy (non-hydrogen) atoms. The highest BCUT2D eigenvalue weighted by molar-refractivity contribution is 6.09. The average molecular weight is 1650 g/mol. The van der Waals surface area contributed by atoms with Gasteiger partial charge < -0.3 is 61.5 Å². The summed E-state index contributed by atoms with van der Waals surface area (Å²) in [4.78, 5) is 142. The zero-order chi connectivity index (χ0) is 85.2. The molecule has 30 heteroatoms. The number of nitrogens with one attached hydrogen (secondary N) is 6. The second-order valence-corrected chi connectivity index (χ2v) is 32.4. The molecule has 30 nitrogen and oxygen atoms in total. The van der Waals surface area contributed by atoms with Crippen molar-refractivity contribution in [2.45, 2.75) is 109 Å². The van der Waals surface area contributed by atoms with Crippen molar-refractivity contribution in [3.8, 4) is 45.0 Å². The molecule has 12 aromatic rings. The number of aryl methyl sites for hydroxylation is 2. The summed E-state index contributed by atoms with van der Waals surface area (Å²) in [6.45, 7) is 4.47. The number of likely N-dealkylation sites (N-methyl/N-ethyl adjacent to an activating group) is 2. The topological polar surface area (TPSA) is 370 Å². The lowest BCUT2D eigenvalue weighted by atomic mass is 9.98. The molecule has 0 spiro atoms. The molecule has 16 rings (SSSR count). The van der Waals surface area contributed by atoms with Gasteiger partial charge in [-0.15, -0.1) is 10.2 Å². The Labute approximate surface area is 710 Å². The number of likely N-dealkylation sites (tertiary alicyclic amines) is 2. The first-order valence-electron chi connectivity index (χ1n) is 41.9. The van der Waals surface area contributed by atoms with Crippen molar-refractivity contribution in [1.82, 2.24) is 95.7 Å². The standard InChI is InChI=1S/C93H98N22O8/c1-109(2)45-38-95-88(118)62-22-14-58(15-23-62)78-51-70-47-66(30-34-74(70)99-78)69-33-37-77-81(50-69)104-87(102-77)61-20-28-65(29-21-61)91(121)98-53-72-55-112(107-105-72)41-7-5-6-13-85(117)114-43-8-12-83(114)93(123)115-44-9-11-82(115)92(122)111(57-84(94)116)40-10-42-113-56-73(106-108-113)54-97-90(120)64-24-16-59(17-25-64)79-52-71-48-67(31-35-75(71)100-79)68-32-36-76-80(49-68)103-86(101-76)60-18-26-63(27-19-60)89(119)96-39-46-110(3)4/h14-37,47-50,55-56,82-83H,5-13,38-46,51-54,57H2,1-4H3,(H2,94,116)(H,95,118)(H,96,119)(H,97,120)(H,98,121)(H,101,103)(H,102,104)/t82-,83?/m0/s1. The van der Waals surface area contributed by atoms with E-state index in [0.717, 1.165) is 126 Å². The number of imidazole rings is 2. The van der Waals surface area contributed by atoms with Gasteiger partial charge in [0.1, 0.15) is 35.1 Å². The van der Waals surface area contributed by atoms with Gasteiger partial charge in [0.15, 0.2) is 0 Å². The number of rotatable bonds is 34. The van der Waals surface area contributed by atoms with Crippen molar-refractivity contribution in [2.75, 3.05) is 80.5 Å². The van der Waals surface area contributed by atoms with Crippen LogP contribution in [0.15, 0.2) is 192 Å². The van der Waals surface area contributed by atoms with E-state index < -0.39 is 18.0 Å². The average Bonchev–Trinajstić information content (AvgIpc) is 1.64. The zero-order valence-corrected chi connectivity index (χ0v) is 69.3. The fourth-order valence-corrected chi connectivity index (χ4v) is 16.3. The number of primary amides is 1. The van der Waals surface area contributed by atoms with E-state index >= 15 is 0 Å². The summed E-state index contributed by atoms with van der Waals surface area (Å²) in [5.41, 5.74) is 26.1. The Bertz CT molecular complexity index is 6020. The lowest BCUT2D eigenvalue weighted by Gasteiger charge is -2.33. The first-order chi connectivity index (χ1) is 59.7. The monoisotopic (exact) mass is 1650 g/mol. The van der Waals surface area contributed by atoms with Gasteiger partial charge in [-0.1, -0.05) is 89.6 Å². The van der Waals surface area contributed by atoms with Gasteiger partial charge in [-0.2, -0.15) is 0 Å². The first-order valence-corrected chi connectivity index (χ1v) is 41.9. The van der Waals surface area contributed by atoms with Crippen LogP contribution in [0.2, 0.25) is 0 Å². The number of hydrogen-bond acceptors (Lipinski definition) is 18. The molecular weight excluding hydrogens is 1550 g/mol. The molecule has 2 atom stereocenters. The Morgan fingerprint density at radius 3 is 1.35 bits per heavy atom. The summed E-state index contributed by atoms with van der Waals surface area (Å²) >= 11 is 0. The zero-order valence-electron chi connectivity index (χ0n) is 69.3. The molecular formula is C93H98N22O8. The second kappa shape index (κ2) is 37.3. The molecule has 4 aliphatic heterocycles. The molecule has 0 aliphatic carbocycles. The molecule has 2 saturated heterocycles. The summed E-state index contributed by atoms with van der Waals surface area (Å²) in [5.74, 6) is -0.798. The number of aromatic nitrogens is 10. The summed E-state index contributed by atoms with van der Waals surface area (Å²) in [6, 6.07) is 53.1. The van der Waals surface area contributed by atoms with Gasteiger partial charge in [0.2, 0.25) is 23.6 Å². The van der Waals surface area contributed by atoms with Crippen molar-refractivity contribution in [3.63, 3.8) is 0 Å². The molecule has 8 amide bonds. The van der Waals surface area contributed by atoms with Crippen molar-refractivity contribution in [2.24, 2.45) is 15.7 Å². The maximum atomic E-state index is 14.4. The number of hydrogen-bond donors (Lipinski definition) is 7. The lowest BCUT2D eigenvalue weighted by Crippen LogP contribution is -2.54. The fourth-order valence-electron chi connectivity index (χ4n) is 16.3. The van der Waals surface area contributed by atoms with Crippen LogP contribution in [-0.4, -0.2) is 226 Å². The van der Waals surface area contributed by atoms with Crippen LogP contribution in [0.3, 0.4) is 0 Å². The van der Waals surface area contributed by atoms with Crippen LogP contribution >= 0.6 is 0 Å². The maximum absolute atomic E-state index is 14.4. The van der Waals surface area contributed by atoms with Crippen LogP contribution in [0, 0.1) is 0 Å². The minimum Gasteiger partial charge on any atom is -0.368 e. The summed E-state index contributed by atoms with van der Waals surface area (Å²) < 4.78 is 3.34. The van der Waals surface area contributed by atoms with Crippen LogP contribution < -0.4 is 27.0 Å². The number of carbonyl (C=O) groups excluding carboxylic acids is 8. The number of aromatic amines is 2. The number of carbonyl (C=O) groups is 8. The van der Waals surface area contributed by atoms with E-state index in [4.69, 9.17) is 25.7 Å². The molecule has 8 N–H and O–H groups in total. The second-order valence-electron chi connectivity index (χ2n) is 32.4. The maximum Gasteiger partial charge on any atom is 0.251 e. The largest absolute Gasteiger partial charge is 0.368 e. The van der Waals surface area contributed by atoms with Crippen LogP contribution in [0.4, 0.5) is 11.4 Å². The van der Waals surface area contributed by atoms with E-state index in [9.17, 15) is 38.4 Å². The SMILES string of the molecule is CN(C)CCNC(=O)c1ccc(C2=Nc3ccc(-c4ccc5nc(-c6ccc(C(=O)NCc7cn(CCCCCC(=O)N8CCCC8C(=O)N8CCC[C@H]8C(=O)N(CCCn8cc(CNC(=O)c9ccc(C%10=Nc%11ccc(-c%12ccc%13nc(-c%14ccc(C(=O)NCCN(C)C)cc%14)[nH]c%13c%12)cc%11C%10)cc9)nn8)CC(N)=O)nn7)cc6)[nH]c5c4)cc3C2)cc1. The van der Waals surface area contributed by atoms with Crippen molar-refractivity contribution >= 4 is 92.1 Å². The fraction of sp³-hybridized carbons (Fsp3) is 0.312. The molecule has 1 unspecified atom stereocenters. The molecule has 0 saturated carbocycles. The number of unbranched alkanes of at least 4 members (excludes halogenated alkanes) is 2. The number of nitrogens with two attached hydrogens (primary N) is 1. The highest BCUT2D eigenvalue weighted by Crippen LogP contribution is 2.38. The highest BCUT2D eigenvalue weighted by Gasteiger charge is 2.43. The predicted molar refractivity (Wildman–Crippen MR) is 469 cm³/mol. The summed E-state index contributed by atoms with van der Waals surface area (Å²) in [5, 5.41) is 28.9. The van der Waals surface area contributed by atoms with Gasteiger partial charge in [0, 0.05) is 112 Å².